The number of Topliss-reactive ketones (excluding diaryl/α,β-unsaturated/α-hetero) is 1. The number of aromatic nitrogens is 1. The molecule has 0 aliphatic carbocycles. The van der Waals surface area contributed by atoms with E-state index in [1.165, 1.54) is 13.0 Å². The second kappa shape index (κ2) is 8.48. The van der Waals surface area contributed by atoms with Crippen LogP contribution in [0, 0.1) is 6.92 Å². The van der Waals surface area contributed by atoms with Crippen LogP contribution in [0.3, 0.4) is 0 Å². The molecule has 0 fully saturated rings. The highest BCUT2D eigenvalue weighted by atomic mass is 16.5. The topological polar surface area (TPSA) is 92.8 Å². The lowest BCUT2D eigenvalue weighted by molar-refractivity contribution is -0.166. The SMILES string of the molecule is Cc1cc([C@H](O)[C@](C)(OCc2ccc(-c3ccccc3)cc2)C(=O)CO)no1. The van der Waals surface area contributed by atoms with Gasteiger partial charge in [-0.25, -0.2) is 0 Å². The molecule has 0 aliphatic rings. The first-order valence-corrected chi connectivity index (χ1v) is 8.98. The van der Waals surface area contributed by atoms with Gasteiger partial charge in [-0.1, -0.05) is 59.8 Å². The van der Waals surface area contributed by atoms with E-state index in [2.05, 4.69) is 5.16 Å². The molecule has 1 aromatic heterocycles. The number of aryl methyl sites for hydroxylation is 1. The summed E-state index contributed by atoms with van der Waals surface area (Å²) in [7, 11) is 0. The number of ketones is 1. The molecule has 3 rings (SSSR count). The fourth-order valence-electron chi connectivity index (χ4n) is 2.92. The predicted molar refractivity (Wildman–Crippen MR) is 103 cm³/mol. The number of benzene rings is 2. The van der Waals surface area contributed by atoms with Crippen LogP contribution in [-0.2, 0) is 16.1 Å². The van der Waals surface area contributed by atoms with E-state index in [0.717, 1.165) is 16.7 Å². The second-order valence-corrected chi connectivity index (χ2v) is 6.80. The van der Waals surface area contributed by atoms with Crippen LogP contribution in [0.25, 0.3) is 11.1 Å². The van der Waals surface area contributed by atoms with Crippen LogP contribution in [-0.4, -0.2) is 33.4 Å². The van der Waals surface area contributed by atoms with E-state index in [-0.39, 0.29) is 12.3 Å². The Morgan fingerprint density at radius 1 is 1.14 bits per heavy atom. The Balaban J connectivity index is 1.76. The van der Waals surface area contributed by atoms with E-state index in [1.54, 1.807) is 6.92 Å². The average molecular weight is 381 g/mol. The van der Waals surface area contributed by atoms with Crippen LogP contribution in [0.15, 0.2) is 65.2 Å². The quantitative estimate of drug-likeness (QED) is 0.622. The van der Waals surface area contributed by atoms with Gasteiger partial charge in [-0.05, 0) is 30.5 Å². The van der Waals surface area contributed by atoms with Gasteiger partial charge in [0.05, 0.1) is 6.61 Å². The summed E-state index contributed by atoms with van der Waals surface area (Å²) in [6, 6.07) is 19.2. The number of hydrogen-bond acceptors (Lipinski definition) is 6. The highest BCUT2D eigenvalue weighted by Gasteiger charge is 2.43. The van der Waals surface area contributed by atoms with Crippen molar-refractivity contribution in [1.29, 1.82) is 0 Å². The molecule has 0 amide bonds. The molecule has 0 aliphatic heterocycles. The van der Waals surface area contributed by atoms with Gasteiger partial charge in [-0.2, -0.15) is 0 Å². The van der Waals surface area contributed by atoms with Gasteiger partial charge in [-0.3, -0.25) is 4.79 Å². The minimum absolute atomic E-state index is 0.0885. The Morgan fingerprint density at radius 2 is 1.79 bits per heavy atom. The highest BCUT2D eigenvalue weighted by Crippen LogP contribution is 2.31. The summed E-state index contributed by atoms with van der Waals surface area (Å²) >= 11 is 0. The van der Waals surface area contributed by atoms with Crippen molar-refractivity contribution < 1.29 is 24.3 Å². The maximum absolute atomic E-state index is 12.3. The third-order valence-electron chi connectivity index (χ3n) is 4.75. The number of rotatable bonds is 8. The van der Waals surface area contributed by atoms with Crippen LogP contribution in [0.5, 0.6) is 0 Å². The molecule has 0 radical (unpaired) electrons. The Kier molecular flexibility index (Phi) is 6.04. The summed E-state index contributed by atoms with van der Waals surface area (Å²) in [6.07, 6.45) is -1.37. The first-order chi connectivity index (χ1) is 13.4. The normalized spacial score (nSPS) is 14.4. The van der Waals surface area contributed by atoms with E-state index in [0.29, 0.717) is 5.76 Å². The van der Waals surface area contributed by atoms with Crippen molar-refractivity contribution in [2.75, 3.05) is 6.61 Å². The Labute approximate surface area is 163 Å². The van der Waals surface area contributed by atoms with Gasteiger partial charge in [0, 0.05) is 6.07 Å². The number of aliphatic hydroxyl groups is 2. The first kappa shape index (κ1) is 19.9. The summed E-state index contributed by atoms with van der Waals surface area (Å²) < 4.78 is 10.8. The van der Waals surface area contributed by atoms with E-state index in [1.807, 2.05) is 54.6 Å². The lowest BCUT2D eigenvalue weighted by Crippen LogP contribution is -2.46. The van der Waals surface area contributed by atoms with Crippen LogP contribution in [0.2, 0.25) is 0 Å². The third kappa shape index (κ3) is 4.20. The van der Waals surface area contributed by atoms with Gasteiger partial charge in [0.1, 0.15) is 24.2 Å². The largest absolute Gasteiger partial charge is 0.388 e. The molecule has 0 saturated carbocycles. The molecule has 28 heavy (non-hydrogen) atoms. The molecule has 3 aromatic rings. The lowest BCUT2D eigenvalue weighted by atomic mass is 9.91. The van der Waals surface area contributed by atoms with E-state index in [9.17, 15) is 15.0 Å². The van der Waals surface area contributed by atoms with E-state index >= 15 is 0 Å². The number of ether oxygens (including phenoxy) is 1. The molecule has 2 N–H and O–H groups in total. The average Bonchev–Trinajstić information content (AvgIpc) is 3.18. The van der Waals surface area contributed by atoms with E-state index < -0.39 is 24.1 Å². The van der Waals surface area contributed by atoms with Gasteiger partial charge >= 0.3 is 0 Å². The highest BCUT2D eigenvalue weighted by molar-refractivity contribution is 5.88. The van der Waals surface area contributed by atoms with E-state index in [4.69, 9.17) is 9.26 Å². The predicted octanol–water partition coefficient (Wildman–Crippen LogP) is 3.22. The summed E-state index contributed by atoms with van der Waals surface area (Å²) in [5.74, 6) is -0.133. The standard InChI is InChI=1S/C22H23NO5/c1-15-12-19(23-28-15)21(26)22(2,20(25)13-24)27-14-16-8-10-18(11-9-16)17-6-4-3-5-7-17/h3-12,21,24,26H,13-14H2,1-2H3/t21-,22+/m0/s1. The molecular formula is C22H23NO5. The van der Waals surface area contributed by atoms with Crippen molar-refractivity contribution in [2.24, 2.45) is 0 Å². The van der Waals surface area contributed by atoms with Crippen molar-refractivity contribution in [2.45, 2.75) is 32.2 Å². The fraction of sp³-hybridized carbons (Fsp3) is 0.273. The van der Waals surface area contributed by atoms with Crippen molar-refractivity contribution in [3.8, 4) is 11.1 Å². The monoisotopic (exact) mass is 381 g/mol. The van der Waals surface area contributed by atoms with Crippen LogP contribution in [0.4, 0.5) is 0 Å². The van der Waals surface area contributed by atoms with Gasteiger partial charge in [0.15, 0.2) is 11.4 Å². The Bertz CT molecular complexity index is 920. The Hall–Kier alpha value is -2.80. The van der Waals surface area contributed by atoms with Gasteiger partial charge < -0.3 is 19.5 Å². The van der Waals surface area contributed by atoms with Crippen molar-refractivity contribution in [1.82, 2.24) is 5.16 Å². The molecule has 1 heterocycles. The van der Waals surface area contributed by atoms with Crippen LogP contribution in [0.1, 0.15) is 30.0 Å². The number of nitrogens with zero attached hydrogens (tertiary/aromatic N) is 1. The van der Waals surface area contributed by atoms with Crippen molar-refractivity contribution >= 4 is 5.78 Å². The maximum Gasteiger partial charge on any atom is 0.192 e. The minimum Gasteiger partial charge on any atom is -0.388 e. The number of carbonyl (C=O) groups is 1. The van der Waals surface area contributed by atoms with Crippen LogP contribution >= 0.6 is 0 Å². The molecule has 6 heteroatoms. The van der Waals surface area contributed by atoms with Gasteiger partial charge in [-0.15, -0.1) is 0 Å². The van der Waals surface area contributed by atoms with Crippen LogP contribution < -0.4 is 0 Å². The smallest absolute Gasteiger partial charge is 0.192 e. The zero-order chi connectivity index (χ0) is 20.1. The second-order valence-electron chi connectivity index (χ2n) is 6.80. The Morgan fingerprint density at radius 3 is 2.36 bits per heavy atom. The molecule has 6 nitrogen and oxygen atoms in total. The maximum atomic E-state index is 12.3. The number of carbonyl (C=O) groups excluding carboxylic acids is 1. The molecular weight excluding hydrogens is 358 g/mol. The zero-order valence-electron chi connectivity index (χ0n) is 15.8. The summed E-state index contributed by atoms with van der Waals surface area (Å²) in [5.41, 5.74) is 1.53. The molecule has 0 unspecified atom stereocenters. The summed E-state index contributed by atoms with van der Waals surface area (Å²) in [4.78, 5) is 12.3. The summed E-state index contributed by atoms with van der Waals surface area (Å²) in [5, 5.41) is 23.8. The molecule has 2 atom stereocenters. The number of hydrogen-bond donors (Lipinski definition) is 2. The summed E-state index contributed by atoms with van der Waals surface area (Å²) in [6.45, 7) is 2.46. The van der Waals surface area contributed by atoms with Crippen molar-refractivity contribution in [3.05, 3.63) is 77.7 Å². The molecule has 0 saturated heterocycles. The third-order valence-corrected chi connectivity index (χ3v) is 4.75. The molecule has 2 aromatic carbocycles. The first-order valence-electron chi connectivity index (χ1n) is 8.98. The fourth-order valence-corrected chi connectivity index (χ4v) is 2.92. The lowest BCUT2D eigenvalue weighted by Gasteiger charge is -2.31. The zero-order valence-corrected chi connectivity index (χ0v) is 15.8. The molecule has 146 valence electrons. The van der Waals surface area contributed by atoms with Gasteiger partial charge in [0.2, 0.25) is 0 Å². The van der Waals surface area contributed by atoms with Gasteiger partial charge in [0.25, 0.3) is 0 Å². The number of aliphatic hydroxyl groups excluding tert-OH is 2. The molecule has 0 spiro atoms. The van der Waals surface area contributed by atoms with Crippen molar-refractivity contribution in [3.63, 3.8) is 0 Å². The minimum atomic E-state index is -1.66. The molecule has 0 bridgehead atoms.